The minimum absolute atomic E-state index is 0.748. The van der Waals surface area contributed by atoms with Crippen molar-refractivity contribution in [2.24, 2.45) is 0 Å². The average Bonchev–Trinajstić information content (AvgIpc) is 2.80. The standard InChI is InChI=1S/C28H27N/c1-3-9-21(10-4-1)22-15-17-26(18-16-22)29-28-20-25-14-8-7-13-24(25)19-27(28)23-11-5-2-6-12-23/h2,5-8,11-21,29H,1,3-4,9-10H2. The van der Waals surface area contributed by atoms with Crippen molar-refractivity contribution < 1.29 is 0 Å². The van der Waals surface area contributed by atoms with E-state index in [4.69, 9.17) is 0 Å². The van der Waals surface area contributed by atoms with Crippen molar-refractivity contribution in [3.05, 3.63) is 96.6 Å². The van der Waals surface area contributed by atoms with Crippen LogP contribution < -0.4 is 5.32 Å². The minimum Gasteiger partial charge on any atom is -0.355 e. The van der Waals surface area contributed by atoms with Crippen LogP contribution in [0.3, 0.4) is 0 Å². The molecule has 0 atom stereocenters. The molecule has 1 aliphatic rings. The van der Waals surface area contributed by atoms with E-state index >= 15 is 0 Å². The molecule has 1 nitrogen and oxygen atoms in total. The van der Waals surface area contributed by atoms with Crippen LogP contribution >= 0.6 is 0 Å². The van der Waals surface area contributed by atoms with Gasteiger partial charge in [-0.1, -0.05) is 86.0 Å². The van der Waals surface area contributed by atoms with E-state index in [1.165, 1.54) is 59.6 Å². The fourth-order valence-electron chi connectivity index (χ4n) is 4.63. The van der Waals surface area contributed by atoms with Gasteiger partial charge >= 0.3 is 0 Å². The SMILES string of the molecule is c1ccc(-c2cc3ccccc3cc2Nc2ccc(C3CCCCC3)cc2)cc1. The van der Waals surface area contributed by atoms with Crippen LogP contribution in [-0.2, 0) is 0 Å². The lowest BCUT2D eigenvalue weighted by atomic mass is 9.84. The van der Waals surface area contributed by atoms with Crippen molar-refractivity contribution >= 4 is 22.1 Å². The Labute approximate surface area is 173 Å². The quantitative estimate of drug-likeness (QED) is 0.377. The maximum absolute atomic E-state index is 3.69. The molecule has 0 radical (unpaired) electrons. The highest BCUT2D eigenvalue weighted by atomic mass is 14.9. The maximum atomic E-state index is 3.69. The third-order valence-corrected chi connectivity index (χ3v) is 6.24. The second-order valence-electron chi connectivity index (χ2n) is 8.19. The topological polar surface area (TPSA) is 12.0 Å². The Bertz CT molecular complexity index is 1090. The summed E-state index contributed by atoms with van der Waals surface area (Å²) in [6, 6.07) is 32.9. The molecule has 29 heavy (non-hydrogen) atoms. The summed E-state index contributed by atoms with van der Waals surface area (Å²) in [7, 11) is 0. The van der Waals surface area contributed by atoms with Gasteiger partial charge in [-0.3, -0.25) is 0 Å². The molecule has 0 heterocycles. The molecule has 1 heteroatoms. The van der Waals surface area contributed by atoms with E-state index in [1.807, 2.05) is 0 Å². The summed E-state index contributed by atoms with van der Waals surface area (Å²) in [5.74, 6) is 0.748. The Morgan fingerprint density at radius 3 is 2.00 bits per heavy atom. The van der Waals surface area contributed by atoms with Gasteiger partial charge in [-0.2, -0.15) is 0 Å². The number of fused-ring (bicyclic) bond motifs is 1. The van der Waals surface area contributed by atoms with Gasteiger partial charge in [-0.15, -0.1) is 0 Å². The molecule has 1 N–H and O–H groups in total. The number of anilines is 2. The van der Waals surface area contributed by atoms with Gasteiger partial charge in [0.25, 0.3) is 0 Å². The normalized spacial score (nSPS) is 14.8. The molecule has 0 bridgehead atoms. The average molecular weight is 378 g/mol. The van der Waals surface area contributed by atoms with Crippen molar-refractivity contribution in [2.45, 2.75) is 38.0 Å². The van der Waals surface area contributed by atoms with Crippen LogP contribution in [0.4, 0.5) is 11.4 Å². The first-order valence-corrected chi connectivity index (χ1v) is 10.8. The molecule has 4 aromatic carbocycles. The summed E-state index contributed by atoms with van der Waals surface area (Å²) < 4.78 is 0. The maximum Gasteiger partial charge on any atom is 0.0470 e. The lowest BCUT2D eigenvalue weighted by Gasteiger charge is -2.22. The van der Waals surface area contributed by atoms with Crippen molar-refractivity contribution in [2.75, 3.05) is 5.32 Å². The van der Waals surface area contributed by atoms with Gasteiger partial charge in [0, 0.05) is 16.9 Å². The summed E-state index contributed by atoms with van der Waals surface area (Å²) in [4.78, 5) is 0. The second-order valence-corrected chi connectivity index (χ2v) is 8.19. The van der Waals surface area contributed by atoms with E-state index in [0.717, 1.165) is 17.3 Å². The van der Waals surface area contributed by atoms with Gasteiger partial charge in [-0.25, -0.2) is 0 Å². The van der Waals surface area contributed by atoms with Crippen molar-refractivity contribution in [3.63, 3.8) is 0 Å². The zero-order valence-corrected chi connectivity index (χ0v) is 16.8. The number of rotatable bonds is 4. The predicted octanol–water partition coefficient (Wildman–Crippen LogP) is 8.30. The van der Waals surface area contributed by atoms with E-state index in [-0.39, 0.29) is 0 Å². The van der Waals surface area contributed by atoms with Crippen LogP contribution in [-0.4, -0.2) is 0 Å². The molecule has 0 unspecified atom stereocenters. The number of benzene rings is 4. The molecule has 0 aromatic heterocycles. The zero-order chi connectivity index (χ0) is 19.5. The van der Waals surface area contributed by atoms with Crippen LogP contribution in [0.25, 0.3) is 21.9 Å². The first kappa shape index (κ1) is 18.0. The van der Waals surface area contributed by atoms with Crippen LogP contribution in [0, 0.1) is 0 Å². The molecular weight excluding hydrogens is 350 g/mol. The summed E-state index contributed by atoms with van der Waals surface area (Å²) >= 11 is 0. The smallest absolute Gasteiger partial charge is 0.0470 e. The second kappa shape index (κ2) is 8.13. The molecular formula is C28H27N. The van der Waals surface area contributed by atoms with Crippen LogP contribution in [0.1, 0.15) is 43.6 Å². The Morgan fingerprint density at radius 2 is 1.28 bits per heavy atom. The van der Waals surface area contributed by atoms with Gasteiger partial charge in [0.2, 0.25) is 0 Å². The first-order valence-electron chi connectivity index (χ1n) is 10.8. The summed E-state index contributed by atoms with van der Waals surface area (Å²) in [5.41, 5.74) is 6.27. The highest BCUT2D eigenvalue weighted by Crippen LogP contribution is 2.36. The largest absolute Gasteiger partial charge is 0.355 e. The van der Waals surface area contributed by atoms with Crippen molar-refractivity contribution in [1.82, 2.24) is 0 Å². The molecule has 4 aromatic rings. The Morgan fingerprint density at radius 1 is 0.621 bits per heavy atom. The van der Waals surface area contributed by atoms with E-state index < -0.39 is 0 Å². The molecule has 0 aliphatic heterocycles. The van der Waals surface area contributed by atoms with Gasteiger partial charge in [-0.05, 0) is 64.9 Å². The minimum atomic E-state index is 0.748. The van der Waals surface area contributed by atoms with Crippen molar-refractivity contribution in [3.8, 4) is 11.1 Å². The molecule has 0 amide bonds. The molecule has 0 spiro atoms. The highest BCUT2D eigenvalue weighted by Gasteiger charge is 2.15. The summed E-state index contributed by atoms with van der Waals surface area (Å²) in [5, 5.41) is 6.22. The van der Waals surface area contributed by atoms with Gasteiger partial charge < -0.3 is 5.32 Å². The first-order chi connectivity index (χ1) is 14.4. The molecule has 1 aliphatic carbocycles. The highest BCUT2D eigenvalue weighted by molar-refractivity contribution is 5.95. The van der Waals surface area contributed by atoms with E-state index in [0.29, 0.717) is 0 Å². The summed E-state index contributed by atoms with van der Waals surface area (Å²) in [6.07, 6.45) is 6.84. The van der Waals surface area contributed by atoms with Crippen LogP contribution in [0.2, 0.25) is 0 Å². The number of hydrogen-bond donors (Lipinski definition) is 1. The predicted molar refractivity (Wildman–Crippen MR) is 125 cm³/mol. The lowest BCUT2D eigenvalue weighted by molar-refractivity contribution is 0.443. The molecule has 1 fully saturated rings. The molecule has 0 saturated heterocycles. The molecule has 5 rings (SSSR count). The lowest BCUT2D eigenvalue weighted by Crippen LogP contribution is -2.04. The molecule has 144 valence electrons. The van der Waals surface area contributed by atoms with Gasteiger partial charge in [0.15, 0.2) is 0 Å². The van der Waals surface area contributed by atoms with Gasteiger partial charge in [0.1, 0.15) is 0 Å². The zero-order valence-electron chi connectivity index (χ0n) is 16.8. The van der Waals surface area contributed by atoms with E-state index in [9.17, 15) is 0 Å². The van der Waals surface area contributed by atoms with Crippen LogP contribution in [0.5, 0.6) is 0 Å². The van der Waals surface area contributed by atoms with Crippen molar-refractivity contribution in [1.29, 1.82) is 0 Å². The Balaban J connectivity index is 1.49. The van der Waals surface area contributed by atoms with E-state index in [1.54, 1.807) is 0 Å². The van der Waals surface area contributed by atoms with Crippen LogP contribution in [0.15, 0.2) is 91.0 Å². The number of nitrogens with one attached hydrogen (secondary N) is 1. The third-order valence-electron chi connectivity index (χ3n) is 6.24. The summed E-state index contributed by atoms with van der Waals surface area (Å²) in [6.45, 7) is 0. The Hall–Kier alpha value is -3.06. The fourth-order valence-corrected chi connectivity index (χ4v) is 4.63. The van der Waals surface area contributed by atoms with Gasteiger partial charge in [0.05, 0.1) is 0 Å². The fraction of sp³-hybridized carbons (Fsp3) is 0.214. The monoisotopic (exact) mass is 377 g/mol. The Kier molecular flexibility index (Phi) is 5.04. The van der Waals surface area contributed by atoms with E-state index in [2.05, 4.69) is 96.3 Å². The third kappa shape index (κ3) is 3.91. The molecule has 1 saturated carbocycles. The number of hydrogen-bond acceptors (Lipinski definition) is 1.